The first-order valence-corrected chi connectivity index (χ1v) is 9.79. The molecule has 7 heteroatoms. The summed E-state index contributed by atoms with van der Waals surface area (Å²) in [6.45, 7) is 5.88. The van der Waals surface area contributed by atoms with Crippen LogP contribution in [-0.2, 0) is 11.3 Å². The van der Waals surface area contributed by atoms with Gasteiger partial charge in [-0.2, -0.15) is 0 Å². The van der Waals surface area contributed by atoms with E-state index >= 15 is 0 Å². The third kappa shape index (κ3) is 2.82. The Morgan fingerprint density at radius 2 is 1.96 bits per heavy atom. The number of para-hydroxylation sites is 2. The van der Waals surface area contributed by atoms with Crippen molar-refractivity contribution in [1.82, 2.24) is 20.0 Å². The number of hydrogen-bond acceptors (Lipinski definition) is 6. The number of benzene rings is 1. The summed E-state index contributed by atoms with van der Waals surface area (Å²) in [6, 6.07) is 8.05. The highest BCUT2D eigenvalue weighted by atomic mass is 16.5. The molecule has 0 spiro atoms. The molecule has 3 aromatic rings. The van der Waals surface area contributed by atoms with Gasteiger partial charge in [-0.1, -0.05) is 17.3 Å². The highest BCUT2D eigenvalue weighted by Crippen LogP contribution is 2.33. The maximum Gasteiger partial charge on any atom is 0.228 e. The predicted molar refractivity (Wildman–Crippen MR) is 105 cm³/mol. The SMILES string of the molecule is Cc1noc(C)c1CN1C(=O)[C@@H]2CC[C@H]1CN(c1cnc3ccccc3n1)C2. The fraction of sp³-hybridized carbons (Fsp3) is 0.429. The van der Waals surface area contributed by atoms with Crippen molar-refractivity contribution in [2.75, 3.05) is 18.0 Å². The average Bonchev–Trinajstić information content (AvgIpc) is 2.89. The molecule has 28 heavy (non-hydrogen) atoms. The maximum absolute atomic E-state index is 13.2. The lowest BCUT2D eigenvalue weighted by atomic mass is 9.93. The molecule has 0 aliphatic carbocycles. The standard InChI is InChI=1S/C21H23N5O2/c1-13-17(14(2)28-24-13)12-26-16-8-7-15(21(26)27)10-25(11-16)20-9-22-18-5-3-4-6-19(18)23-20/h3-6,9,15-16H,7-8,10-12H2,1-2H3/t15-,16+/m1/s1. The second-order valence-electron chi connectivity index (χ2n) is 7.82. The Hall–Kier alpha value is -2.96. The van der Waals surface area contributed by atoms with E-state index in [1.54, 1.807) is 0 Å². The van der Waals surface area contributed by atoms with Crippen molar-refractivity contribution in [2.45, 2.75) is 39.3 Å². The van der Waals surface area contributed by atoms with E-state index in [-0.39, 0.29) is 17.9 Å². The van der Waals surface area contributed by atoms with Gasteiger partial charge in [0.25, 0.3) is 0 Å². The summed E-state index contributed by atoms with van der Waals surface area (Å²) in [5, 5.41) is 4.04. The Kier molecular flexibility index (Phi) is 4.03. The number of aryl methyl sites for hydroxylation is 2. The largest absolute Gasteiger partial charge is 0.361 e. The molecule has 3 aliphatic heterocycles. The lowest BCUT2D eigenvalue weighted by Gasteiger charge is -2.35. The minimum atomic E-state index is -0.00695. The van der Waals surface area contributed by atoms with Crippen LogP contribution in [0.5, 0.6) is 0 Å². The highest BCUT2D eigenvalue weighted by molar-refractivity contribution is 5.82. The van der Waals surface area contributed by atoms with Crippen molar-refractivity contribution < 1.29 is 9.32 Å². The van der Waals surface area contributed by atoms with Gasteiger partial charge in [0.2, 0.25) is 5.91 Å². The molecule has 3 aliphatic rings. The third-order valence-corrected chi connectivity index (χ3v) is 6.06. The van der Waals surface area contributed by atoms with Crippen molar-refractivity contribution in [2.24, 2.45) is 5.92 Å². The van der Waals surface area contributed by atoms with Gasteiger partial charge < -0.3 is 14.3 Å². The van der Waals surface area contributed by atoms with Crippen molar-refractivity contribution in [3.63, 3.8) is 0 Å². The molecule has 144 valence electrons. The quantitative estimate of drug-likeness (QED) is 0.699. The molecule has 1 amide bonds. The normalized spacial score (nSPS) is 22.1. The first-order chi connectivity index (χ1) is 13.6. The summed E-state index contributed by atoms with van der Waals surface area (Å²) in [4.78, 5) is 26.8. The summed E-state index contributed by atoms with van der Waals surface area (Å²) in [7, 11) is 0. The van der Waals surface area contributed by atoms with Crippen LogP contribution in [0.15, 0.2) is 35.0 Å². The molecule has 2 atom stereocenters. The summed E-state index contributed by atoms with van der Waals surface area (Å²) < 4.78 is 5.30. The van der Waals surface area contributed by atoms with Gasteiger partial charge >= 0.3 is 0 Å². The molecular weight excluding hydrogens is 354 g/mol. The van der Waals surface area contributed by atoms with Gasteiger partial charge in [0.05, 0.1) is 35.4 Å². The van der Waals surface area contributed by atoms with Crippen LogP contribution in [0.25, 0.3) is 11.0 Å². The van der Waals surface area contributed by atoms with Crippen molar-refractivity contribution in [1.29, 1.82) is 0 Å². The minimum Gasteiger partial charge on any atom is -0.361 e. The monoisotopic (exact) mass is 377 g/mol. The maximum atomic E-state index is 13.2. The molecule has 2 aromatic heterocycles. The smallest absolute Gasteiger partial charge is 0.228 e. The first-order valence-electron chi connectivity index (χ1n) is 9.79. The number of rotatable bonds is 3. The fourth-order valence-electron chi connectivity index (χ4n) is 4.43. The number of nitrogens with zero attached hydrogens (tertiary/aromatic N) is 5. The van der Waals surface area contributed by atoms with E-state index in [4.69, 9.17) is 9.51 Å². The zero-order valence-corrected chi connectivity index (χ0v) is 16.1. The molecule has 0 radical (unpaired) electrons. The molecule has 2 bridgehead atoms. The van der Waals surface area contributed by atoms with Crippen LogP contribution in [0.3, 0.4) is 0 Å². The zero-order chi connectivity index (χ0) is 19.3. The molecule has 5 heterocycles. The van der Waals surface area contributed by atoms with Crippen LogP contribution in [0, 0.1) is 19.8 Å². The summed E-state index contributed by atoms with van der Waals surface area (Å²) in [6.07, 6.45) is 3.77. The Morgan fingerprint density at radius 3 is 2.75 bits per heavy atom. The van der Waals surface area contributed by atoms with E-state index in [0.29, 0.717) is 13.1 Å². The van der Waals surface area contributed by atoms with Crippen molar-refractivity contribution >= 4 is 22.8 Å². The lowest BCUT2D eigenvalue weighted by molar-refractivity contribution is -0.140. The van der Waals surface area contributed by atoms with Crippen LogP contribution in [0.1, 0.15) is 29.9 Å². The molecule has 0 unspecified atom stereocenters. The highest BCUT2D eigenvalue weighted by Gasteiger charge is 2.41. The van der Waals surface area contributed by atoms with Crippen LogP contribution in [0.2, 0.25) is 0 Å². The number of hydrogen-bond donors (Lipinski definition) is 0. The van der Waals surface area contributed by atoms with Crippen LogP contribution in [0.4, 0.5) is 5.82 Å². The molecule has 3 fully saturated rings. The number of fused-ring (bicyclic) bond motifs is 5. The van der Waals surface area contributed by atoms with E-state index in [2.05, 4.69) is 15.0 Å². The number of aromatic nitrogens is 3. The number of carbonyl (C=O) groups excluding carboxylic acids is 1. The first kappa shape index (κ1) is 17.2. The van der Waals surface area contributed by atoms with Gasteiger partial charge in [0.15, 0.2) is 0 Å². The van der Waals surface area contributed by atoms with Gasteiger partial charge in [-0.3, -0.25) is 9.78 Å². The minimum absolute atomic E-state index is 0.00695. The second-order valence-corrected chi connectivity index (χ2v) is 7.82. The van der Waals surface area contributed by atoms with E-state index in [0.717, 1.165) is 53.3 Å². The number of anilines is 1. The van der Waals surface area contributed by atoms with Gasteiger partial charge in [0, 0.05) is 24.7 Å². The topological polar surface area (TPSA) is 75.4 Å². The third-order valence-electron chi connectivity index (χ3n) is 6.06. The van der Waals surface area contributed by atoms with Crippen LogP contribution in [-0.4, -0.2) is 45.1 Å². The summed E-state index contributed by atoms with van der Waals surface area (Å²) in [5.41, 5.74) is 3.66. The van der Waals surface area contributed by atoms with E-state index in [1.807, 2.05) is 49.2 Å². The van der Waals surface area contributed by atoms with Gasteiger partial charge in [-0.25, -0.2) is 4.98 Å². The molecule has 0 N–H and O–H groups in total. The summed E-state index contributed by atoms with van der Waals surface area (Å²) in [5.74, 6) is 1.87. The average molecular weight is 377 g/mol. The lowest BCUT2D eigenvalue weighted by Crippen LogP contribution is -2.47. The van der Waals surface area contributed by atoms with Crippen LogP contribution < -0.4 is 4.90 Å². The Balaban J connectivity index is 1.44. The van der Waals surface area contributed by atoms with Gasteiger partial charge in [-0.05, 0) is 38.8 Å². The van der Waals surface area contributed by atoms with Crippen molar-refractivity contribution in [3.05, 3.63) is 47.5 Å². The molecule has 1 aromatic carbocycles. The Labute approximate surface area is 163 Å². The van der Waals surface area contributed by atoms with Gasteiger partial charge in [-0.15, -0.1) is 0 Å². The Morgan fingerprint density at radius 1 is 1.14 bits per heavy atom. The number of carbonyl (C=O) groups is 1. The van der Waals surface area contributed by atoms with Crippen LogP contribution >= 0.6 is 0 Å². The van der Waals surface area contributed by atoms with E-state index < -0.39 is 0 Å². The van der Waals surface area contributed by atoms with E-state index in [1.165, 1.54) is 0 Å². The van der Waals surface area contributed by atoms with Crippen molar-refractivity contribution in [3.8, 4) is 0 Å². The Bertz CT molecular complexity index is 1030. The molecule has 3 saturated heterocycles. The zero-order valence-electron chi connectivity index (χ0n) is 16.1. The molecule has 7 nitrogen and oxygen atoms in total. The molecule has 6 rings (SSSR count). The van der Waals surface area contributed by atoms with Gasteiger partial charge in [0.1, 0.15) is 11.6 Å². The predicted octanol–water partition coefficient (Wildman–Crippen LogP) is 2.86. The second kappa shape index (κ2) is 6.58. The molecule has 0 saturated carbocycles. The number of piperidine rings is 1. The van der Waals surface area contributed by atoms with E-state index in [9.17, 15) is 4.79 Å². The summed E-state index contributed by atoms with van der Waals surface area (Å²) >= 11 is 0. The fourth-order valence-corrected chi connectivity index (χ4v) is 4.43. The number of amides is 1. The molecular formula is C21H23N5O2.